The van der Waals surface area contributed by atoms with Gasteiger partial charge in [0.15, 0.2) is 0 Å². The molecule has 0 bridgehead atoms. The minimum Gasteiger partial charge on any atom is -0.462 e. The Morgan fingerprint density at radius 1 is 1.16 bits per heavy atom. The van der Waals surface area contributed by atoms with E-state index in [4.69, 9.17) is 19.3 Å². The highest BCUT2D eigenvalue weighted by Crippen LogP contribution is 2.37. The van der Waals surface area contributed by atoms with E-state index >= 15 is 0 Å². The van der Waals surface area contributed by atoms with Crippen molar-refractivity contribution in [1.82, 2.24) is 0 Å². The second-order valence-corrected chi connectivity index (χ2v) is 7.35. The quantitative estimate of drug-likeness (QED) is 0.344. The summed E-state index contributed by atoms with van der Waals surface area (Å²) in [5.74, 6) is 2.69. The second kappa shape index (κ2) is 8.23. The topological polar surface area (TPSA) is 149 Å². The van der Waals surface area contributed by atoms with E-state index in [-0.39, 0.29) is 6.42 Å². The number of rotatable bonds is 6. The Balaban J connectivity index is 2.07. The molecule has 0 aromatic heterocycles. The predicted molar refractivity (Wildman–Crippen MR) is 88.0 cm³/mol. The number of ether oxygens (including phenoxy) is 2. The van der Waals surface area contributed by atoms with Gasteiger partial charge < -0.3 is 34.6 Å². The summed E-state index contributed by atoms with van der Waals surface area (Å²) in [7, 11) is -4.29. The van der Waals surface area contributed by atoms with Crippen molar-refractivity contribution < 1.29 is 39.1 Å². The summed E-state index contributed by atoms with van der Waals surface area (Å²) in [6.07, 6.45) is -7.75. The summed E-state index contributed by atoms with van der Waals surface area (Å²) in [6, 6.07) is 6.32. The molecule has 0 saturated carbocycles. The van der Waals surface area contributed by atoms with Gasteiger partial charge in [0, 0.05) is 0 Å². The third-order valence-corrected chi connectivity index (χ3v) is 4.51. The highest BCUT2D eigenvalue weighted by Gasteiger charge is 2.45. The van der Waals surface area contributed by atoms with Crippen LogP contribution in [0.25, 0.3) is 0 Å². The molecule has 5 atom stereocenters. The summed E-state index contributed by atoms with van der Waals surface area (Å²) < 4.78 is 21.8. The van der Waals surface area contributed by atoms with Gasteiger partial charge in [-0.15, -0.1) is 0 Å². The van der Waals surface area contributed by atoms with Gasteiger partial charge in [-0.3, -0.25) is 4.57 Å². The third-order valence-electron chi connectivity index (χ3n) is 3.67. The van der Waals surface area contributed by atoms with Crippen LogP contribution in [0.5, 0.6) is 5.75 Å². The van der Waals surface area contributed by atoms with Crippen molar-refractivity contribution >= 4 is 19.2 Å². The van der Waals surface area contributed by atoms with Gasteiger partial charge in [-0.2, -0.15) is 0 Å². The molecule has 5 N–H and O–H groups in total. The molecular formula is C15H20NO8P. The fourth-order valence-corrected chi connectivity index (χ4v) is 2.96. The fourth-order valence-electron chi connectivity index (χ4n) is 2.37. The van der Waals surface area contributed by atoms with Crippen LogP contribution < -0.4 is 4.74 Å². The lowest BCUT2D eigenvalue weighted by atomic mass is 9.97. The van der Waals surface area contributed by atoms with Crippen molar-refractivity contribution in [3.63, 3.8) is 0 Å². The molecule has 0 spiro atoms. The molecule has 1 heterocycles. The lowest BCUT2D eigenvalue weighted by molar-refractivity contribution is -0.272. The first-order chi connectivity index (χ1) is 11.7. The number of nitrogens with zero attached hydrogens (tertiary/aromatic N) is 1. The van der Waals surface area contributed by atoms with Crippen molar-refractivity contribution in [2.45, 2.75) is 37.1 Å². The first kappa shape index (κ1) is 19.8. The van der Waals surface area contributed by atoms with E-state index in [1.54, 1.807) is 24.3 Å². The van der Waals surface area contributed by atoms with Crippen molar-refractivity contribution in [2.75, 3.05) is 6.16 Å². The largest absolute Gasteiger partial charge is 0.462 e. The predicted octanol–water partition coefficient (Wildman–Crippen LogP) is -0.0720. The van der Waals surface area contributed by atoms with Gasteiger partial charge in [-0.25, -0.2) is 4.99 Å². The average Bonchev–Trinajstić information content (AvgIpc) is 2.55. The van der Waals surface area contributed by atoms with Crippen LogP contribution in [0.1, 0.15) is 6.42 Å². The molecule has 25 heavy (non-hydrogen) atoms. The minimum atomic E-state index is -4.29. The lowest BCUT2D eigenvalue weighted by Crippen LogP contribution is -2.59. The molecule has 1 aromatic rings. The van der Waals surface area contributed by atoms with E-state index < -0.39 is 44.5 Å². The van der Waals surface area contributed by atoms with E-state index in [0.717, 1.165) is 0 Å². The molecule has 1 aliphatic heterocycles. The smallest absolute Gasteiger partial charge is 0.325 e. The first-order valence-electron chi connectivity index (χ1n) is 7.45. The molecule has 9 nitrogen and oxygen atoms in total. The summed E-state index contributed by atoms with van der Waals surface area (Å²) in [6.45, 7) is 3.36. The molecule has 10 heteroatoms. The van der Waals surface area contributed by atoms with Gasteiger partial charge in [0.05, 0.1) is 18.0 Å². The molecule has 0 aliphatic carbocycles. The maximum Gasteiger partial charge on any atom is 0.325 e. The van der Waals surface area contributed by atoms with Crippen LogP contribution >= 0.6 is 7.60 Å². The third kappa shape index (κ3) is 5.47. The second-order valence-electron chi connectivity index (χ2n) is 5.57. The van der Waals surface area contributed by atoms with Crippen LogP contribution in [-0.2, 0) is 9.30 Å². The van der Waals surface area contributed by atoms with E-state index in [0.29, 0.717) is 11.4 Å². The molecule has 1 saturated heterocycles. The van der Waals surface area contributed by atoms with Crippen molar-refractivity contribution in [3.05, 3.63) is 30.8 Å². The van der Waals surface area contributed by atoms with E-state index in [1.807, 2.05) is 0 Å². The highest BCUT2D eigenvalue weighted by molar-refractivity contribution is 7.51. The molecule has 0 amide bonds. The number of hydrogen-bond donors (Lipinski definition) is 5. The maximum absolute atomic E-state index is 11.0. The number of aliphatic imine (C=N–C) groups is 1. The lowest BCUT2D eigenvalue weighted by Gasteiger charge is -2.40. The van der Waals surface area contributed by atoms with Gasteiger partial charge in [-0.1, -0.05) is 0 Å². The van der Waals surface area contributed by atoms with Crippen LogP contribution in [-0.4, -0.2) is 67.8 Å². The Morgan fingerprint density at radius 3 is 2.36 bits per heavy atom. The van der Waals surface area contributed by atoms with Gasteiger partial charge in [-0.05, 0) is 43.1 Å². The molecule has 0 unspecified atom stereocenters. The molecule has 138 valence electrons. The van der Waals surface area contributed by atoms with Crippen molar-refractivity contribution in [2.24, 2.45) is 4.99 Å². The average molecular weight is 373 g/mol. The zero-order valence-electron chi connectivity index (χ0n) is 13.2. The minimum absolute atomic E-state index is 0.206. The van der Waals surface area contributed by atoms with Crippen LogP contribution in [0.15, 0.2) is 35.8 Å². The Bertz CT molecular complexity index is 669. The van der Waals surface area contributed by atoms with Gasteiger partial charge in [0.2, 0.25) is 6.29 Å². The molecule has 2 rings (SSSR count). The zero-order valence-corrected chi connectivity index (χ0v) is 14.1. The standard InChI is InChI=1S/C15H20NO8P/c1-2-16-9-3-5-10(6-4-9)23-15-14(19)13(18)12(17)11(24-15)7-8-25(20,21)22/h3-6,11-15,17-19H,1,7-8H2,(H2,20,21,22)/t11-,12-,13+,14+,15+/m0/s1. The fraction of sp³-hybridized carbons (Fsp3) is 0.467. The Kier molecular flexibility index (Phi) is 6.51. The van der Waals surface area contributed by atoms with Crippen molar-refractivity contribution in [3.8, 4) is 5.75 Å². The molecule has 1 aliphatic rings. The first-order valence-corrected chi connectivity index (χ1v) is 9.25. The zero-order chi connectivity index (χ0) is 18.6. The van der Waals surface area contributed by atoms with Crippen LogP contribution in [0.2, 0.25) is 0 Å². The van der Waals surface area contributed by atoms with E-state index in [9.17, 15) is 19.9 Å². The molecule has 1 fully saturated rings. The summed E-state index contributed by atoms with van der Waals surface area (Å²) >= 11 is 0. The molecular weight excluding hydrogens is 353 g/mol. The Morgan fingerprint density at radius 2 is 1.80 bits per heavy atom. The number of aliphatic hydroxyl groups is 3. The summed E-state index contributed by atoms with van der Waals surface area (Å²) in [5.41, 5.74) is 0.586. The van der Waals surface area contributed by atoms with Gasteiger partial charge >= 0.3 is 7.60 Å². The highest BCUT2D eigenvalue weighted by atomic mass is 31.2. The van der Waals surface area contributed by atoms with Crippen molar-refractivity contribution in [1.29, 1.82) is 0 Å². The number of aliphatic hydroxyl groups excluding tert-OH is 3. The number of hydrogen-bond acceptors (Lipinski definition) is 7. The summed E-state index contributed by atoms with van der Waals surface area (Å²) in [5, 5.41) is 29.8. The Hall–Kier alpha value is -1.54. The molecule has 1 aromatic carbocycles. The maximum atomic E-state index is 11.0. The van der Waals surface area contributed by atoms with Crippen LogP contribution in [0, 0.1) is 0 Å². The van der Waals surface area contributed by atoms with Gasteiger partial charge in [0.1, 0.15) is 24.1 Å². The normalized spacial score (nSPS) is 29.7. The Labute approximate surface area is 144 Å². The van der Waals surface area contributed by atoms with Crippen LogP contribution in [0.4, 0.5) is 5.69 Å². The van der Waals surface area contributed by atoms with Crippen LogP contribution in [0.3, 0.4) is 0 Å². The van der Waals surface area contributed by atoms with Gasteiger partial charge in [0.25, 0.3) is 0 Å². The number of benzene rings is 1. The summed E-state index contributed by atoms with van der Waals surface area (Å²) in [4.78, 5) is 21.7. The monoisotopic (exact) mass is 373 g/mol. The molecule has 0 radical (unpaired) electrons. The van der Waals surface area contributed by atoms with E-state index in [2.05, 4.69) is 17.4 Å². The SMILES string of the molecule is C=C=Nc1ccc(O[C@@H]2O[C@@H](CCP(=O)(O)O)[C@H](O)[C@@H](O)[C@H]2O)cc1. The van der Waals surface area contributed by atoms with E-state index in [1.165, 1.54) is 0 Å².